The Morgan fingerprint density at radius 3 is 2.79 bits per heavy atom. The van der Waals surface area contributed by atoms with Gasteiger partial charge in [-0.3, -0.25) is 4.99 Å². The minimum absolute atomic E-state index is 0.535. The summed E-state index contributed by atoms with van der Waals surface area (Å²) in [6, 6.07) is 13.0. The molecule has 2 aromatic rings. The third kappa shape index (κ3) is 3.19. The molecule has 1 aromatic carbocycles. The number of aromatic nitrogens is 1. The van der Waals surface area contributed by atoms with Crippen LogP contribution in [0.25, 0.3) is 5.70 Å². The molecule has 0 aliphatic heterocycles. The van der Waals surface area contributed by atoms with Gasteiger partial charge in [-0.05, 0) is 12.1 Å². The summed E-state index contributed by atoms with van der Waals surface area (Å²) < 4.78 is 5.06. The standard InChI is InChI=1S/C15H15N3O/c1-11(14-8-5-9-15(18-14)19-2)17-10-12-6-3-4-7-13(12)16/h3-10H,1,16H2,2H3. The highest BCUT2D eigenvalue weighted by Gasteiger charge is 2.01. The Hall–Kier alpha value is -2.62. The van der Waals surface area contributed by atoms with Crippen LogP contribution in [0.2, 0.25) is 0 Å². The second kappa shape index (κ2) is 5.82. The highest BCUT2D eigenvalue weighted by atomic mass is 16.5. The van der Waals surface area contributed by atoms with E-state index in [4.69, 9.17) is 10.5 Å². The van der Waals surface area contributed by atoms with Crippen molar-refractivity contribution in [1.82, 2.24) is 4.98 Å². The summed E-state index contributed by atoms with van der Waals surface area (Å²) in [6.07, 6.45) is 1.68. The number of para-hydroxylation sites is 1. The number of ether oxygens (including phenoxy) is 1. The Morgan fingerprint density at radius 1 is 1.26 bits per heavy atom. The van der Waals surface area contributed by atoms with E-state index < -0.39 is 0 Å². The van der Waals surface area contributed by atoms with Crippen molar-refractivity contribution in [2.75, 3.05) is 12.8 Å². The number of hydrogen-bond donors (Lipinski definition) is 1. The minimum atomic E-state index is 0.535. The van der Waals surface area contributed by atoms with E-state index in [1.165, 1.54) is 0 Å². The molecule has 2 rings (SSSR count). The second-order valence-corrected chi connectivity index (χ2v) is 3.90. The molecule has 1 heterocycles. The molecular weight excluding hydrogens is 238 g/mol. The molecule has 0 fully saturated rings. The summed E-state index contributed by atoms with van der Waals surface area (Å²) in [5.74, 6) is 0.535. The molecule has 96 valence electrons. The lowest BCUT2D eigenvalue weighted by Gasteiger charge is -2.03. The van der Waals surface area contributed by atoms with Gasteiger partial charge in [-0.1, -0.05) is 30.8 Å². The molecule has 1 aromatic heterocycles. The number of nitrogen functional groups attached to an aromatic ring is 1. The second-order valence-electron chi connectivity index (χ2n) is 3.90. The molecule has 0 bridgehead atoms. The highest BCUT2D eigenvalue weighted by Crippen LogP contribution is 2.16. The van der Waals surface area contributed by atoms with Crippen LogP contribution in [0.4, 0.5) is 5.69 Å². The van der Waals surface area contributed by atoms with Gasteiger partial charge in [0.25, 0.3) is 0 Å². The fourth-order valence-corrected chi connectivity index (χ4v) is 1.53. The quantitative estimate of drug-likeness (QED) is 0.673. The smallest absolute Gasteiger partial charge is 0.213 e. The van der Waals surface area contributed by atoms with Gasteiger partial charge in [0, 0.05) is 23.5 Å². The molecule has 0 unspecified atom stereocenters. The van der Waals surface area contributed by atoms with Gasteiger partial charge in [-0.15, -0.1) is 0 Å². The van der Waals surface area contributed by atoms with Crippen molar-refractivity contribution >= 4 is 17.6 Å². The molecule has 19 heavy (non-hydrogen) atoms. The molecule has 0 aliphatic rings. The molecule has 0 saturated heterocycles. The molecule has 0 atom stereocenters. The maximum atomic E-state index is 5.83. The lowest BCUT2D eigenvalue weighted by Crippen LogP contribution is -1.94. The maximum absolute atomic E-state index is 5.83. The van der Waals surface area contributed by atoms with Crippen molar-refractivity contribution in [1.29, 1.82) is 0 Å². The molecule has 4 heteroatoms. The molecule has 4 nitrogen and oxygen atoms in total. The number of rotatable bonds is 4. The van der Waals surface area contributed by atoms with Gasteiger partial charge in [0.15, 0.2) is 0 Å². The molecule has 0 amide bonds. The van der Waals surface area contributed by atoms with Crippen molar-refractivity contribution in [3.63, 3.8) is 0 Å². The number of benzene rings is 1. The first-order valence-electron chi connectivity index (χ1n) is 5.79. The van der Waals surface area contributed by atoms with Gasteiger partial charge < -0.3 is 10.5 Å². The van der Waals surface area contributed by atoms with Crippen molar-refractivity contribution in [3.05, 3.63) is 60.3 Å². The Balaban J connectivity index is 2.19. The first-order chi connectivity index (χ1) is 9.20. The van der Waals surface area contributed by atoms with Crippen molar-refractivity contribution < 1.29 is 4.74 Å². The predicted octanol–water partition coefficient (Wildman–Crippen LogP) is 2.76. The highest BCUT2D eigenvalue weighted by molar-refractivity contribution is 5.89. The van der Waals surface area contributed by atoms with Crippen LogP contribution in [-0.2, 0) is 0 Å². The first-order valence-corrected chi connectivity index (χ1v) is 5.79. The van der Waals surface area contributed by atoms with E-state index in [0.29, 0.717) is 23.0 Å². The monoisotopic (exact) mass is 253 g/mol. The van der Waals surface area contributed by atoms with Crippen molar-refractivity contribution in [3.8, 4) is 5.88 Å². The van der Waals surface area contributed by atoms with E-state index in [1.54, 1.807) is 19.4 Å². The van der Waals surface area contributed by atoms with E-state index in [1.807, 2.05) is 36.4 Å². The van der Waals surface area contributed by atoms with Gasteiger partial charge in [0.2, 0.25) is 5.88 Å². The largest absolute Gasteiger partial charge is 0.481 e. The van der Waals surface area contributed by atoms with Gasteiger partial charge in [-0.2, -0.15) is 0 Å². The van der Waals surface area contributed by atoms with E-state index in [0.717, 1.165) is 5.56 Å². The Morgan fingerprint density at radius 2 is 2.05 bits per heavy atom. The molecule has 2 N–H and O–H groups in total. The summed E-state index contributed by atoms with van der Waals surface area (Å²) in [6.45, 7) is 3.89. The average molecular weight is 253 g/mol. The van der Waals surface area contributed by atoms with Gasteiger partial charge >= 0.3 is 0 Å². The zero-order chi connectivity index (χ0) is 13.7. The fourth-order valence-electron chi connectivity index (χ4n) is 1.53. The number of nitrogens with two attached hydrogens (primary N) is 1. The van der Waals surface area contributed by atoms with Crippen LogP contribution in [-0.4, -0.2) is 18.3 Å². The minimum Gasteiger partial charge on any atom is -0.481 e. The number of anilines is 1. The molecule has 0 aliphatic carbocycles. The zero-order valence-electron chi connectivity index (χ0n) is 10.7. The van der Waals surface area contributed by atoms with Gasteiger partial charge in [-0.25, -0.2) is 4.98 Å². The van der Waals surface area contributed by atoms with Crippen molar-refractivity contribution in [2.45, 2.75) is 0 Å². The lowest BCUT2D eigenvalue weighted by atomic mass is 10.2. The summed E-state index contributed by atoms with van der Waals surface area (Å²) in [5.41, 5.74) is 8.60. The number of pyridine rings is 1. The normalized spacial score (nSPS) is 10.6. The zero-order valence-corrected chi connectivity index (χ0v) is 10.7. The van der Waals surface area contributed by atoms with Crippen LogP contribution in [0.3, 0.4) is 0 Å². The predicted molar refractivity (Wildman–Crippen MR) is 78.3 cm³/mol. The van der Waals surface area contributed by atoms with Crippen LogP contribution >= 0.6 is 0 Å². The van der Waals surface area contributed by atoms with Crippen molar-refractivity contribution in [2.24, 2.45) is 4.99 Å². The molecule has 0 spiro atoms. The summed E-state index contributed by atoms with van der Waals surface area (Å²) in [4.78, 5) is 8.54. The number of methoxy groups -OCH3 is 1. The van der Waals surface area contributed by atoms with E-state index >= 15 is 0 Å². The molecular formula is C15H15N3O. The van der Waals surface area contributed by atoms with Gasteiger partial charge in [0.1, 0.15) is 0 Å². The van der Waals surface area contributed by atoms with Crippen LogP contribution in [0.1, 0.15) is 11.3 Å². The Bertz CT molecular complexity index is 620. The number of aliphatic imine (C=N–C) groups is 1. The average Bonchev–Trinajstić information content (AvgIpc) is 2.46. The summed E-state index contributed by atoms with van der Waals surface area (Å²) >= 11 is 0. The first kappa shape index (κ1) is 12.8. The number of hydrogen-bond acceptors (Lipinski definition) is 4. The van der Waals surface area contributed by atoms with E-state index in [2.05, 4.69) is 16.6 Å². The topological polar surface area (TPSA) is 60.5 Å². The van der Waals surface area contributed by atoms with Crippen LogP contribution in [0.15, 0.2) is 54.0 Å². The van der Waals surface area contributed by atoms with E-state index in [-0.39, 0.29) is 0 Å². The van der Waals surface area contributed by atoms with Crippen LogP contribution < -0.4 is 10.5 Å². The molecule has 0 radical (unpaired) electrons. The fraction of sp³-hybridized carbons (Fsp3) is 0.0667. The third-order valence-corrected chi connectivity index (χ3v) is 2.58. The summed E-state index contributed by atoms with van der Waals surface area (Å²) in [7, 11) is 1.57. The third-order valence-electron chi connectivity index (χ3n) is 2.58. The Labute approximate surface area is 112 Å². The number of nitrogens with zero attached hydrogens (tertiary/aromatic N) is 2. The molecule has 0 saturated carbocycles. The summed E-state index contributed by atoms with van der Waals surface area (Å²) in [5, 5.41) is 0. The SMILES string of the molecule is C=C(N=Cc1ccccc1N)c1cccc(OC)n1. The Kier molecular flexibility index (Phi) is 3.93. The van der Waals surface area contributed by atoms with Crippen LogP contribution in [0.5, 0.6) is 5.88 Å². The van der Waals surface area contributed by atoms with Gasteiger partial charge in [0.05, 0.1) is 18.5 Å². The van der Waals surface area contributed by atoms with E-state index in [9.17, 15) is 0 Å². The lowest BCUT2D eigenvalue weighted by molar-refractivity contribution is 0.397. The van der Waals surface area contributed by atoms with Crippen LogP contribution in [0, 0.1) is 0 Å². The maximum Gasteiger partial charge on any atom is 0.213 e.